The highest BCUT2D eigenvalue weighted by atomic mass is 16.5. The van der Waals surface area contributed by atoms with E-state index < -0.39 is 0 Å². The molecule has 0 atom stereocenters. The largest absolute Gasteiger partial charge is 0.423 e. The molecule has 0 aliphatic carbocycles. The molecule has 0 aliphatic heterocycles. The van der Waals surface area contributed by atoms with Crippen LogP contribution in [0.2, 0.25) is 0 Å². The molecule has 2 aromatic heterocycles. The lowest BCUT2D eigenvalue weighted by Gasteiger charge is -2.12. The van der Waals surface area contributed by atoms with Gasteiger partial charge >= 0.3 is 6.01 Å². The number of aryl methyl sites for hydroxylation is 1. The van der Waals surface area contributed by atoms with Crippen molar-refractivity contribution in [2.24, 2.45) is 0 Å². The van der Waals surface area contributed by atoms with E-state index >= 15 is 0 Å². The first-order chi connectivity index (χ1) is 16.2. The average molecular weight is 432 g/mol. The van der Waals surface area contributed by atoms with Gasteiger partial charge in [0, 0.05) is 0 Å². The Hall–Kier alpha value is -4.45. The van der Waals surface area contributed by atoms with Crippen molar-refractivity contribution < 1.29 is 4.74 Å². The van der Waals surface area contributed by atoms with Gasteiger partial charge in [0.2, 0.25) is 5.78 Å². The highest BCUT2D eigenvalue weighted by Crippen LogP contribution is 2.24. The number of hydrogen-bond donors (Lipinski definition) is 0. The summed E-state index contributed by atoms with van der Waals surface area (Å²) in [7, 11) is 0. The van der Waals surface area contributed by atoms with E-state index in [1.165, 1.54) is 0 Å². The van der Waals surface area contributed by atoms with Crippen molar-refractivity contribution in [3.8, 4) is 11.8 Å². The van der Waals surface area contributed by atoms with Crippen LogP contribution in [0.15, 0.2) is 95.8 Å². The van der Waals surface area contributed by atoms with Crippen LogP contribution in [0.4, 0.5) is 0 Å². The van der Waals surface area contributed by atoms with Crippen molar-refractivity contribution in [3.63, 3.8) is 0 Å². The molecule has 0 unspecified atom stereocenters. The summed E-state index contributed by atoms with van der Waals surface area (Å²) < 4.78 is 9.29. The van der Waals surface area contributed by atoms with Crippen molar-refractivity contribution in [1.29, 1.82) is 0 Å². The maximum atomic E-state index is 13.7. The van der Waals surface area contributed by atoms with Crippen molar-refractivity contribution in [2.45, 2.75) is 13.5 Å². The van der Waals surface area contributed by atoms with Gasteiger partial charge in [-0.15, -0.1) is 5.10 Å². The number of rotatable bonds is 4. The first-order valence-corrected chi connectivity index (χ1v) is 10.8. The lowest BCUT2D eigenvalue weighted by Crippen LogP contribution is -2.24. The molecular formula is C27H20N4O2. The lowest BCUT2D eigenvalue weighted by atomic mass is 10.1. The maximum absolute atomic E-state index is 13.7. The first kappa shape index (κ1) is 19.3. The monoisotopic (exact) mass is 432 g/mol. The van der Waals surface area contributed by atoms with E-state index in [-0.39, 0.29) is 11.6 Å². The molecule has 0 bridgehead atoms. The predicted octanol–water partition coefficient (Wildman–Crippen LogP) is 5.35. The second-order valence-electron chi connectivity index (χ2n) is 8.06. The fourth-order valence-corrected chi connectivity index (χ4v) is 4.17. The van der Waals surface area contributed by atoms with E-state index in [0.29, 0.717) is 29.0 Å². The summed E-state index contributed by atoms with van der Waals surface area (Å²) in [5.41, 5.74) is 2.76. The minimum atomic E-state index is -0.106. The molecule has 0 amide bonds. The van der Waals surface area contributed by atoms with Gasteiger partial charge in [-0.05, 0) is 53.1 Å². The summed E-state index contributed by atoms with van der Waals surface area (Å²) in [6.07, 6.45) is 0. The Balaban J connectivity index is 1.63. The summed E-state index contributed by atoms with van der Waals surface area (Å²) in [4.78, 5) is 18.3. The summed E-state index contributed by atoms with van der Waals surface area (Å²) in [6, 6.07) is 29.5. The molecule has 6 aromatic rings. The van der Waals surface area contributed by atoms with Gasteiger partial charge < -0.3 is 4.74 Å². The van der Waals surface area contributed by atoms with Gasteiger partial charge in [0.1, 0.15) is 5.75 Å². The third-order valence-electron chi connectivity index (χ3n) is 5.92. The van der Waals surface area contributed by atoms with Gasteiger partial charge in [-0.25, -0.2) is 0 Å². The molecular weight excluding hydrogens is 412 g/mol. The van der Waals surface area contributed by atoms with E-state index in [1.54, 1.807) is 9.08 Å². The van der Waals surface area contributed by atoms with E-state index in [4.69, 9.17) is 4.74 Å². The molecule has 0 radical (unpaired) electrons. The normalized spacial score (nSPS) is 11.4. The number of benzene rings is 4. The molecule has 2 heterocycles. The number of para-hydroxylation sites is 1. The average Bonchev–Trinajstić information content (AvgIpc) is 3.26. The van der Waals surface area contributed by atoms with Crippen LogP contribution < -0.4 is 10.3 Å². The molecule has 6 heteroatoms. The van der Waals surface area contributed by atoms with Crippen LogP contribution in [0.5, 0.6) is 11.8 Å². The quantitative estimate of drug-likeness (QED) is 0.353. The van der Waals surface area contributed by atoms with Crippen LogP contribution in [0, 0.1) is 6.92 Å². The molecule has 0 fully saturated rings. The highest BCUT2D eigenvalue weighted by molar-refractivity contribution is 5.96. The molecule has 160 valence electrons. The molecule has 0 aliphatic rings. The van der Waals surface area contributed by atoms with Crippen molar-refractivity contribution in [1.82, 2.24) is 19.2 Å². The van der Waals surface area contributed by atoms with Gasteiger partial charge in [0.25, 0.3) is 5.56 Å². The minimum absolute atomic E-state index is 0.106. The summed E-state index contributed by atoms with van der Waals surface area (Å²) >= 11 is 0. The zero-order valence-electron chi connectivity index (χ0n) is 18.0. The first-order valence-electron chi connectivity index (χ1n) is 10.8. The summed E-state index contributed by atoms with van der Waals surface area (Å²) in [5, 5.41) is 7.26. The molecule has 0 saturated heterocycles. The van der Waals surface area contributed by atoms with Crippen LogP contribution >= 0.6 is 0 Å². The SMILES string of the molecule is Cc1ccccc1Cn1c(=O)c2cc3ccccc3cc2n2nc(Oc3ccccc3)nc12. The fraction of sp³-hybridized carbons (Fsp3) is 0.0741. The van der Waals surface area contributed by atoms with Crippen molar-refractivity contribution >= 4 is 27.5 Å². The Kier molecular flexibility index (Phi) is 4.43. The third-order valence-corrected chi connectivity index (χ3v) is 5.92. The second-order valence-corrected chi connectivity index (χ2v) is 8.06. The van der Waals surface area contributed by atoms with Gasteiger partial charge in [-0.3, -0.25) is 9.36 Å². The Morgan fingerprint density at radius 3 is 2.33 bits per heavy atom. The lowest BCUT2D eigenvalue weighted by molar-refractivity contribution is 0.443. The summed E-state index contributed by atoms with van der Waals surface area (Å²) in [5.74, 6) is 1.08. The number of hydrogen-bond acceptors (Lipinski definition) is 4. The van der Waals surface area contributed by atoms with Crippen LogP contribution in [-0.2, 0) is 6.54 Å². The molecule has 33 heavy (non-hydrogen) atoms. The van der Waals surface area contributed by atoms with Crippen LogP contribution in [-0.4, -0.2) is 19.2 Å². The van der Waals surface area contributed by atoms with Gasteiger partial charge in [0.15, 0.2) is 0 Å². The Morgan fingerprint density at radius 1 is 0.848 bits per heavy atom. The number of aromatic nitrogens is 4. The molecule has 6 nitrogen and oxygen atoms in total. The van der Waals surface area contributed by atoms with Crippen LogP contribution in [0.1, 0.15) is 11.1 Å². The van der Waals surface area contributed by atoms with Gasteiger partial charge in [-0.2, -0.15) is 9.50 Å². The second kappa shape index (κ2) is 7.60. The topological polar surface area (TPSA) is 61.4 Å². The number of fused-ring (bicyclic) bond motifs is 4. The zero-order chi connectivity index (χ0) is 22.4. The van der Waals surface area contributed by atoms with E-state index in [2.05, 4.69) is 10.1 Å². The van der Waals surface area contributed by atoms with Gasteiger partial charge in [-0.1, -0.05) is 66.7 Å². The van der Waals surface area contributed by atoms with E-state index in [9.17, 15) is 4.79 Å². The van der Waals surface area contributed by atoms with Gasteiger partial charge in [0.05, 0.1) is 17.4 Å². The standard InChI is InChI=1S/C27H20N4O2/c1-18-9-5-6-12-21(18)17-30-25(32)23-15-19-10-7-8-11-20(19)16-24(23)31-27(30)28-26(29-31)33-22-13-3-2-4-14-22/h2-16H,17H2,1H3. The zero-order valence-corrected chi connectivity index (χ0v) is 18.0. The predicted molar refractivity (Wildman–Crippen MR) is 129 cm³/mol. The van der Waals surface area contributed by atoms with Crippen molar-refractivity contribution in [3.05, 3.63) is 112 Å². The molecule has 4 aromatic carbocycles. The highest BCUT2D eigenvalue weighted by Gasteiger charge is 2.18. The smallest absolute Gasteiger partial charge is 0.343 e. The Bertz CT molecular complexity index is 1700. The minimum Gasteiger partial charge on any atom is -0.423 e. The molecule has 6 rings (SSSR count). The van der Waals surface area contributed by atoms with E-state index in [1.807, 2.05) is 97.9 Å². The maximum Gasteiger partial charge on any atom is 0.343 e. The molecule has 0 saturated carbocycles. The molecule has 0 N–H and O–H groups in total. The number of ether oxygens (including phenoxy) is 1. The Morgan fingerprint density at radius 2 is 1.55 bits per heavy atom. The summed E-state index contributed by atoms with van der Waals surface area (Å²) in [6.45, 7) is 2.43. The van der Waals surface area contributed by atoms with Crippen LogP contribution in [0.3, 0.4) is 0 Å². The van der Waals surface area contributed by atoms with E-state index in [0.717, 1.165) is 21.9 Å². The number of nitrogens with zero attached hydrogens (tertiary/aromatic N) is 4. The molecule has 0 spiro atoms. The van der Waals surface area contributed by atoms with Crippen molar-refractivity contribution in [2.75, 3.05) is 0 Å². The van der Waals surface area contributed by atoms with Crippen LogP contribution in [0.25, 0.3) is 27.5 Å². The third kappa shape index (κ3) is 3.32. The Labute approximate surface area is 189 Å². The fourth-order valence-electron chi connectivity index (χ4n) is 4.17.